The largest absolute Gasteiger partial charge is 0.427 e. The Labute approximate surface area is 116 Å². The number of hydrogen-bond acceptors (Lipinski definition) is 4. The van der Waals surface area contributed by atoms with Crippen molar-refractivity contribution in [3.8, 4) is 0 Å². The first-order chi connectivity index (χ1) is 9.36. The third kappa shape index (κ3) is 3.47. The number of benzene rings is 1. The molecule has 3 N–H and O–H groups in total. The van der Waals surface area contributed by atoms with Gasteiger partial charge in [-0.3, -0.25) is 4.79 Å². The van der Waals surface area contributed by atoms with Gasteiger partial charge in [-0.25, -0.2) is 4.98 Å². The number of carbonyl (C=O) groups is 1. The van der Waals surface area contributed by atoms with Gasteiger partial charge in [0.1, 0.15) is 4.88 Å². The topological polar surface area (TPSA) is 68.0 Å². The molecule has 2 rings (SSSR count). The van der Waals surface area contributed by atoms with E-state index in [2.05, 4.69) is 10.3 Å². The average Bonchev–Trinajstić information content (AvgIpc) is 2.85. The molecule has 1 amide bonds. The molecule has 2 aromatic rings. The lowest BCUT2D eigenvalue weighted by atomic mass is 10.1. The fraction of sp³-hybridized carbons (Fsp3) is 0.167. The lowest BCUT2D eigenvalue weighted by molar-refractivity contribution is -0.134. The molecule has 4 nitrogen and oxygen atoms in total. The molecule has 0 aliphatic heterocycles. The minimum atomic E-state index is -4.37. The highest BCUT2D eigenvalue weighted by Crippen LogP contribution is 2.35. The second kappa shape index (κ2) is 5.49. The normalized spacial score (nSPS) is 11.3. The zero-order valence-corrected chi connectivity index (χ0v) is 10.9. The van der Waals surface area contributed by atoms with Crippen LogP contribution in [-0.2, 0) is 12.7 Å². The van der Waals surface area contributed by atoms with Gasteiger partial charge in [-0.05, 0) is 17.7 Å². The van der Waals surface area contributed by atoms with Crippen LogP contribution < -0.4 is 11.1 Å². The Morgan fingerprint density at radius 1 is 1.30 bits per heavy atom. The van der Waals surface area contributed by atoms with E-state index in [4.69, 9.17) is 5.73 Å². The zero-order chi connectivity index (χ0) is 14.8. The Bertz CT molecular complexity index is 607. The van der Waals surface area contributed by atoms with Crippen LogP contribution in [0.1, 0.15) is 20.8 Å². The van der Waals surface area contributed by atoms with Crippen LogP contribution in [0.4, 0.5) is 18.3 Å². The van der Waals surface area contributed by atoms with E-state index in [0.717, 1.165) is 11.8 Å². The summed E-state index contributed by atoms with van der Waals surface area (Å²) in [5, 5.41) is 2.98. The molecule has 1 aromatic carbocycles. The van der Waals surface area contributed by atoms with E-state index in [-0.39, 0.29) is 5.13 Å². The van der Waals surface area contributed by atoms with Crippen LogP contribution in [0.15, 0.2) is 30.5 Å². The van der Waals surface area contributed by atoms with Gasteiger partial charge >= 0.3 is 6.18 Å². The molecule has 20 heavy (non-hydrogen) atoms. The molecule has 8 heteroatoms. The van der Waals surface area contributed by atoms with Crippen molar-refractivity contribution in [1.29, 1.82) is 0 Å². The Kier molecular flexibility index (Phi) is 3.93. The molecule has 1 heterocycles. The van der Waals surface area contributed by atoms with E-state index >= 15 is 0 Å². The molecule has 0 saturated heterocycles. The van der Waals surface area contributed by atoms with Crippen LogP contribution in [0.25, 0.3) is 0 Å². The van der Waals surface area contributed by atoms with Gasteiger partial charge in [-0.15, -0.1) is 0 Å². The molecule has 0 saturated carbocycles. The number of anilines is 1. The molecule has 0 bridgehead atoms. The number of nitrogens with one attached hydrogen (secondary N) is 1. The van der Waals surface area contributed by atoms with Crippen LogP contribution >= 0.6 is 11.3 Å². The number of thiazole rings is 1. The molecule has 0 atom stereocenters. The molecule has 0 radical (unpaired) electrons. The Morgan fingerprint density at radius 2 is 1.95 bits per heavy atom. The number of alkyl halides is 3. The second-order valence-corrected chi connectivity index (χ2v) is 4.97. The number of hydrogen-bond donors (Lipinski definition) is 2. The first-order valence-electron chi connectivity index (χ1n) is 5.52. The number of aromatic nitrogens is 1. The summed E-state index contributed by atoms with van der Waals surface area (Å²) in [6, 6.07) is 6.46. The number of nitrogens with two attached hydrogens (primary N) is 1. The SMILES string of the molecule is NC(=O)c1ccc(CNc2ncc(C(F)(F)F)s2)cc1. The molecular formula is C12H10F3N3OS. The lowest BCUT2D eigenvalue weighted by Gasteiger charge is -2.04. The quantitative estimate of drug-likeness (QED) is 0.912. The Hall–Kier alpha value is -2.09. The first-order valence-corrected chi connectivity index (χ1v) is 6.33. The van der Waals surface area contributed by atoms with Crippen molar-refractivity contribution < 1.29 is 18.0 Å². The van der Waals surface area contributed by atoms with Crippen molar-refractivity contribution in [2.24, 2.45) is 5.73 Å². The third-order valence-electron chi connectivity index (χ3n) is 2.47. The number of nitrogens with zero attached hydrogens (tertiary/aromatic N) is 1. The van der Waals surface area contributed by atoms with Crippen molar-refractivity contribution in [2.45, 2.75) is 12.7 Å². The van der Waals surface area contributed by atoms with Crippen molar-refractivity contribution >= 4 is 22.4 Å². The summed E-state index contributed by atoms with van der Waals surface area (Å²) < 4.78 is 37.2. The van der Waals surface area contributed by atoms with Gasteiger partial charge in [0.05, 0.1) is 6.20 Å². The van der Waals surface area contributed by atoms with Gasteiger partial charge < -0.3 is 11.1 Å². The third-order valence-corrected chi connectivity index (χ3v) is 3.47. The van der Waals surface area contributed by atoms with E-state index in [1.807, 2.05) is 0 Å². The van der Waals surface area contributed by atoms with Gasteiger partial charge in [-0.2, -0.15) is 13.2 Å². The molecule has 0 spiro atoms. The van der Waals surface area contributed by atoms with Gasteiger partial charge in [-0.1, -0.05) is 23.5 Å². The van der Waals surface area contributed by atoms with Crippen molar-refractivity contribution in [3.63, 3.8) is 0 Å². The maximum absolute atomic E-state index is 12.4. The fourth-order valence-corrected chi connectivity index (χ4v) is 2.13. The molecule has 106 valence electrons. The summed E-state index contributed by atoms with van der Waals surface area (Å²) in [6.07, 6.45) is -3.58. The molecule has 0 unspecified atom stereocenters. The van der Waals surface area contributed by atoms with Gasteiger partial charge in [0, 0.05) is 12.1 Å². The van der Waals surface area contributed by atoms with E-state index in [1.165, 1.54) is 0 Å². The Balaban J connectivity index is 1.98. The summed E-state index contributed by atoms with van der Waals surface area (Å²) in [7, 11) is 0. The highest BCUT2D eigenvalue weighted by atomic mass is 32.1. The van der Waals surface area contributed by atoms with Crippen LogP contribution in [0.5, 0.6) is 0 Å². The highest BCUT2D eigenvalue weighted by molar-refractivity contribution is 7.15. The summed E-state index contributed by atoms with van der Waals surface area (Å²) in [5.74, 6) is -0.528. The Morgan fingerprint density at radius 3 is 2.45 bits per heavy atom. The number of carbonyl (C=O) groups excluding carboxylic acids is 1. The summed E-state index contributed by atoms with van der Waals surface area (Å²) in [4.78, 5) is 13.8. The predicted molar refractivity (Wildman–Crippen MR) is 69.4 cm³/mol. The maximum Gasteiger partial charge on any atom is 0.427 e. The zero-order valence-electron chi connectivity index (χ0n) is 10.1. The minimum absolute atomic E-state index is 0.191. The second-order valence-electron chi connectivity index (χ2n) is 3.94. The standard InChI is InChI=1S/C12H10F3N3OS/c13-12(14,15)9-6-18-11(20-9)17-5-7-1-3-8(4-2-7)10(16)19/h1-4,6H,5H2,(H2,16,19)(H,17,18). The minimum Gasteiger partial charge on any atom is -0.366 e. The van der Waals surface area contributed by atoms with Gasteiger partial charge in [0.25, 0.3) is 0 Å². The lowest BCUT2D eigenvalue weighted by Crippen LogP contribution is -2.10. The van der Waals surface area contributed by atoms with E-state index in [9.17, 15) is 18.0 Å². The fourth-order valence-electron chi connectivity index (χ4n) is 1.45. The van der Waals surface area contributed by atoms with E-state index < -0.39 is 17.0 Å². The van der Waals surface area contributed by atoms with Crippen LogP contribution in [0.3, 0.4) is 0 Å². The summed E-state index contributed by atoms with van der Waals surface area (Å²) >= 11 is 0.546. The smallest absolute Gasteiger partial charge is 0.366 e. The number of amides is 1. The average molecular weight is 301 g/mol. The van der Waals surface area contributed by atoms with E-state index in [0.29, 0.717) is 23.4 Å². The number of rotatable bonds is 4. The molecule has 0 fully saturated rings. The first kappa shape index (κ1) is 14.3. The summed E-state index contributed by atoms with van der Waals surface area (Å²) in [6.45, 7) is 0.309. The van der Waals surface area contributed by atoms with E-state index in [1.54, 1.807) is 24.3 Å². The molecular weight excluding hydrogens is 291 g/mol. The van der Waals surface area contributed by atoms with Crippen molar-refractivity contribution in [2.75, 3.05) is 5.32 Å². The number of halogens is 3. The number of primary amides is 1. The maximum atomic E-state index is 12.4. The van der Waals surface area contributed by atoms with Gasteiger partial charge in [0.2, 0.25) is 5.91 Å². The predicted octanol–water partition coefficient (Wildman–Crippen LogP) is 2.87. The van der Waals surface area contributed by atoms with Crippen LogP contribution in [-0.4, -0.2) is 10.9 Å². The van der Waals surface area contributed by atoms with Crippen LogP contribution in [0, 0.1) is 0 Å². The highest BCUT2D eigenvalue weighted by Gasteiger charge is 2.33. The van der Waals surface area contributed by atoms with Crippen molar-refractivity contribution in [3.05, 3.63) is 46.5 Å². The van der Waals surface area contributed by atoms with Crippen molar-refractivity contribution in [1.82, 2.24) is 4.98 Å². The molecule has 0 aliphatic carbocycles. The molecule has 1 aromatic heterocycles. The monoisotopic (exact) mass is 301 g/mol. The van der Waals surface area contributed by atoms with Gasteiger partial charge in [0.15, 0.2) is 5.13 Å². The van der Waals surface area contributed by atoms with Crippen LogP contribution in [0.2, 0.25) is 0 Å². The molecule has 0 aliphatic rings. The summed E-state index contributed by atoms with van der Waals surface area (Å²) in [5.41, 5.74) is 6.28.